The van der Waals surface area contributed by atoms with E-state index in [4.69, 9.17) is 12.2 Å². The van der Waals surface area contributed by atoms with E-state index < -0.39 is 0 Å². The average molecular weight is 243 g/mol. The largest absolute Gasteiger partial charge is 0.383 e. The number of aromatic nitrogens is 4. The third-order valence-electron chi connectivity index (χ3n) is 3.23. The van der Waals surface area contributed by atoms with Gasteiger partial charge in [0.1, 0.15) is 5.82 Å². The van der Waals surface area contributed by atoms with Gasteiger partial charge in [-0.3, -0.25) is 0 Å². The van der Waals surface area contributed by atoms with Gasteiger partial charge in [0.25, 0.3) is 0 Å². The third kappa shape index (κ3) is 1.90. The highest BCUT2D eigenvalue weighted by atomic mass is 15.3. The molecule has 0 amide bonds. The third-order valence-corrected chi connectivity index (χ3v) is 3.23. The van der Waals surface area contributed by atoms with Crippen LogP contribution in [0.25, 0.3) is 11.0 Å². The molecule has 5 heteroatoms. The van der Waals surface area contributed by atoms with Crippen LogP contribution in [-0.2, 0) is 0 Å². The molecule has 0 aliphatic carbocycles. The number of anilines is 1. The van der Waals surface area contributed by atoms with Gasteiger partial charge in [0.15, 0.2) is 5.65 Å². The summed E-state index contributed by atoms with van der Waals surface area (Å²) in [6.45, 7) is 8.55. The van der Waals surface area contributed by atoms with Crippen LogP contribution in [0.2, 0.25) is 0 Å². The minimum atomic E-state index is 0.0645. The summed E-state index contributed by atoms with van der Waals surface area (Å²) in [5.41, 5.74) is 6.61. The van der Waals surface area contributed by atoms with E-state index in [-0.39, 0.29) is 11.5 Å². The van der Waals surface area contributed by atoms with E-state index in [0.717, 1.165) is 5.39 Å². The van der Waals surface area contributed by atoms with E-state index in [9.17, 15) is 0 Å². The molecule has 0 fully saturated rings. The Morgan fingerprint density at radius 3 is 2.61 bits per heavy atom. The van der Waals surface area contributed by atoms with Crippen LogP contribution in [0.3, 0.4) is 0 Å². The van der Waals surface area contributed by atoms with Crippen LogP contribution in [-0.4, -0.2) is 19.7 Å². The first kappa shape index (κ1) is 12.4. The van der Waals surface area contributed by atoms with Crippen molar-refractivity contribution in [1.29, 1.82) is 0 Å². The molecule has 0 unspecified atom stereocenters. The van der Waals surface area contributed by atoms with Crippen LogP contribution in [0.4, 0.5) is 5.82 Å². The van der Waals surface area contributed by atoms with E-state index in [1.165, 1.54) is 0 Å². The zero-order chi connectivity index (χ0) is 13.5. The highest BCUT2D eigenvalue weighted by Crippen LogP contribution is 2.32. The molecule has 2 heterocycles. The van der Waals surface area contributed by atoms with Crippen LogP contribution in [0.5, 0.6) is 0 Å². The number of nitrogens with two attached hydrogens (primary N) is 1. The van der Waals surface area contributed by atoms with Crippen LogP contribution >= 0.6 is 0 Å². The number of rotatable bonds is 1. The minimum Gasteiger partial charge on any atom is -0.383 e. The first-order valence-corrected chi connectivity index (χ1v) is 5.82. The second kappa shape index (κ2) is 3.98. The summed E-state index contributed by atoms with van der Waals surface area (Å²) in [5, 5.41) is 5.10. The summed E-state index contributed by atoms with van der Waals surface area (Å²) in [6, 6.07) is 0.176. The summed E-state index contributed by atoms with van der Waals surface area (Å²) in [5.74, 6) is 3.08. The zero-order valence-electron chi connectivity index (χ0n) is 11.1. The van der Waals surface area contributed by atoms with Crippen LogP contribution in [0, 0.1) is 17.8 Å². The molecule has 0 aliphatic heterocycles. The fraction of sp³-hybridized carbons (Fsp3) is 0.462. The molecule has 2 N–H and O–H groups in total. The molecule has 0 spiro atoms. The predicted octanol–water partition coefficient (Wildman–Crippen LogP) is 2.00. The lowest BCUT2D eigenvalue weighted by Crippen LogP contribution is -2.22. The lowest BCUT2D eigenvalue weighted by atomic mass is 9.88. The van der Waals surface area contributed by atoms with E-state index >= 15 is 0 Å². The Kier molecular flexibility index (Phi) is 2.74. The Morgan fingerprint density at radius 2 is 2.06 bits per heavy atom. The fourth-order valence-corrected chi connectivity index (χ4v) is 1.66. The van der Waals surface area contributed by atoms with Crippen molar-refractivity contribution < 1.29 is 0 Å². The number of nitrogens with zero attached hydrogens (tertiary/aromatic N) is 4. The van der Waals surface area contributed by atoms with Crippen molar-refractivity contribution in [3.05, 3.63) is 12.0 Å². The lowest BCUT2D eigenvalue weighted by molar-refractivity contribution is 0.249. The summed E-state index contributed by atoms with van der Waals surface area (Å²) in [7, 11) is 0. The van der Waals surface area contributed by atoms with Crippen molar-refractivity contribution in [3.63, 3.8) is 0 Å². The van der Waals surface area contributed by atoms with Crippen molar-refractivity contribution in [3.8, 4) is 12.3 Å². The Hall–Kier alpha value is -2.09. The summed E-state index contributed by atoms with van der Waals surface area (Å²) in [6.07, 6.45) is 7.02. The number of nitrogen functional groups attached to an aromatic ring is 1. The molecule has 2 aromatic rings. The van der Waals surface area contributed by atoms with Gasteiger partial charge in [0.2, 0.25) is 5.82 Å². The molecule has 0 aromatic carbocycles. The first-order valence-electron chi connectivity index (χ1n) is 5.82. The topological polar surface area (TPSA) is 69.6 Å². The monoisotopic (exact) mass is 243 g/mol. The first-order chi connectivity index (χ1) is 8.34. The number of fused-ring (bicyclic) bond motifs is 1. The molecule has 0 aliphatic rings. The highest BCUT2D eigenvalue weighted by Gasteiger charge is 2.25. The van der Waals surface area contributed by atoms with Gasteiger partial charge in [-0.25, -0.2) is 14.6 Å². The molecule has 18 heavy (non-hydrogen) atoms. The van der Waals surface area contributed by atoms with Gasteiger partial charge in [-0.2, -0.15) is 5.10 Å². The molecule has 5 nitrogen and oxygen atoms in total. The van der Waals surface area contributed by atoms with Crippen molar-refractivity contribution in [1.82, 2.24) is 19.7 Å². The van der Waals surface area contributed by atoms with Crippen molar-refractivity contribution in [2.75, 3.05) is 5.73 Å². The highest BCUT2D eigenvalue weighted by molar-refractivity contribution is 5.85. The second-order valence-electron chi connectivity index (χ2n) is 5.45. The van der Waals surface area contributed by atoms with E-state index in [2.05, 4.69) is 48.7 Å². The normalized spacial score (nSPS) is 13.5. The van der Waals surface area contributed by atoms with Gasteiger partial charge in [0, 0.05) is 0 Å². The van der Waals surface area contributed by atoms with Gasteiger partial charge in [-0.15, -0.1) is 6.42 Å². The lowest BCUT2D eigenvalue weighted by Gasteiger charge is -2.27. The van der Waals surface area contributed by atoms with Gasteiger partial charge >= 0.3 is 0 Å². The summed E-state index contributed by atoms with van der Waals surface area (Å²) < 4.78 is 1.86. The number of hydrogen-bond donors (Lipinski definition) is 1. The van der Waals surface area contributed by atoms with Crippen LogP contribution in [0.15, 0.2) is 6.20 Å². The Labute approximate surface area is 106 Å². The van der Waals surface area contributed by atoms with Crippen molar-refractivity contribution >= 4 is 16.9 Å². The number of terminal acetylenes is 1. The second-order valence-corrected chi connectivity index (χ2v) is 5.45. The van der Waals surface area contributed by atoms with E-state index in [1.807, 2.05) is 4.68 Å². The maximum atomic E-state index is 5.86. The van der Waals surface area contributed by atoms with Gasteiger partial charge < -0.3 is 5.73 Å². The zero-order valence-corrected chi connectivity index (χ0v) is 11.1. The molecule has 0 bridgehead atoms. The maximum absolute atomic E-state index is 5.86. The Balaban J connectivity index is 2.68. The molecular formula is C13H17N5. The molecular weight excluding hydrogens is 226 g/mol. The molecule has 0 saturated carbocycles. The average Bonchev–Trinajstić information content (AvgIpc) is 2.70. The predicted molar refractivity (Wildman–Crippen MR) is 71.8 cm³/mol. The maximum Gasteiger partial charge on any atom is 0.208 e. The summed E-state index contributed by atoms with van der Waals surface area (Å²) in [4.78, 5) is 8.35. The summed E-state index contributed by atoms with van der Waals surface area (Å²) >= 11 is 0. The molecule has 2 rings (SSSR count). The van der Waals surface area contributed by atoms with Crippen molar-refractivity contribution in [2.45, 2.75) is 33.7 Å². The smallest absolute Gasteiger partial charge is 0.208 e. The Morgan fingerprint density at radius 1 is 1.39 bits per heavy atom. The van der Waals surface area contributed by atoms with Crippen LogP contribution in [0.1, 0.15) is 39.6 Å². The van der Waals surface area contributed by atoms with Crippen molar-refractivity contribution in [2.24, 2.45) is 5.41 Å². The van der Waals surface area contributed by atoms with Gasteiger partial charge in [0.05, 0.1) is 17.6 Å². The minimum absolute atomic E-state index is 0.0645. The molecule has 0 radical (unpaired) electrons. The number of hydrogen-bond acceptors (Lipinski definition) is 4. The van der Waals surface area contributed by atoms with Gasteiger partial charge in [-0.1, -0.05) is 20.8 Å². The van der Waals surface area contributed by atoms with E-state index in [1.54, 1.807) is 6.20 Å². The molecule has 2 aromatic heterocycles. The standard InChI is InChI=1S/C13H17N5/c1-6-10-16-11(14)9-7-15-18(12(9)17-10)8(2)13(3,4)5/h1,7-8H,2-5H3,(H2,14,16,17)/t8-/m0/s1. The molecule has 1 atom stereocenters. The SMILES string of the molecule is C#Cc1nc(N)c2cnn([C@@H](C)C(C)(C)C)c2n1. The molecule has 94 valence electrons. The van der Waals surface area contributed by atoms with Crippen LogP contribution < -0.4 is 5.73 Å². The van der Waals surface area contributed by atoms with Gasteiger partial charge in [-0.05, 0) is 18.3 Å². The Bertz CT molecular complexity index is 627. The fourth-order valence-electron chi connectivity index (χ4n) is 1.66. The van der Waals surface area contributed by atoms with E-state index in [0.29, 0.717) is 17.3 Å². The quantitative estimate of drug-likeness (QED) is 0.778. The molecule has 0 saturated heterocycles.